The Kier molecular flexibility index (Phi) is 5.12. The minimum Gasteiger partial charge on any atom is -0.379 e. The lowest BCUT2D eigenvalue weighted by Crippen LogP contribution is -2.54. The Morgan fingerprint density at radius 1 is 1.11 bits per heavy atom. The average molecular weight is 369 g/mol. The van der Waals surface area contributed by atoms with Crippen molar-refractivity contribution in [2.45, 2.75) is 32.9 Å². The molecule has 0 unspecified atom stereocenters. The van der Waals surface area contributed by atoms with Crippen molar-refractivity contribution in [3.8, 4) is 0 Å². The largest absolute Gasteiger partial charge is 0.379 e. The van der Waals surface area contributed by atoms with Crippen LogP contribution in [0.4, 0.5) is 0 Å². The minimum atomic E-state index is -0.0516. The lowest BCUT2D eigenvalue weighted by atomic mass is 10.0. The van der Waals surface area contributed by atoms with E-state index in [4.69, 9.17) is 9.47 Å². The van der Waals surface area contributed by atoms with E-state index in [2.05, 4.69) is 21.3 Å². The van der Waals surface area contributed by atoms with Gasteiger partial charge in [-0.3, -0.25) is 14.7 Å². The van der Waals surface area contributed by atoms with E-state index >= 15 is 0 Å². The van der Waals surface area contributed by atoms with Gasteiger partial charge in [0.05, 0.1) is 49.6 Å². The molecule has 1 N–H and O–H groups in total. The van der Waals surface area contributed by atoms with Gasteiger partial charge in [0.25, 0.3) is 5.91 Å². The molecule has 27 heavy (non-hydrogen) atoms. The first kappa shape index (κ1) is 18.3. The summed E-state index contributed by atoms with van der Waals surface area (Å²) in [6.07, 6.45) is 0. The number of hydrogen-bond donors (Lipinski definition) is 1. The third-order valence-electron chi connectivity index (χ3n) is 5.50. The van der Waals surface area contributed by atoms with Gasteiger partial charge in [-0.1, -0.05) is 11.6 Å². The molecule has 144 valence electrons. The molecular weight excluding hydrogens is 342 g/mol. The number of aromatic nitrogens is 1. The van der Waals surface area contributed by atoms with Crippen LogP contribution in [0, 0.1) is 20.8 Å². The van der Waals surface area contributed by atoms with Crippen molar-refractivity contribution >= 4 is 16.8 Å². The molecule has 0 bridgehead atoms. The molecule has 0 radical (unpaired) electrons. The number of fused-ring (bicyclic) bond motifs is 1. The van der Waals surface area contributed by atoms with Crippen LogP contribution in [0.25, 0.3) is 10.9 Å². The molecule has 4 rings (SSSR count). The maximum atomic E-state index is 13.2. The Morgan fingerprint density at radius 2 is 1.89 bits per heavy atom. The maximum Gasteiger partial charge on any atom is 0.252 e. The Balaban J connectivity index is 1.61. The van der Waals surface area contributed by atoms with Crippen LogP contribution in [0.15, 0.2) is 18.2 Å². The molecule has 1 aromatic carbocycles. The molecule has 0 saturated carbocycles. The van der Waals surface area contributed by atoms with E-state index in [0.29, 0.717) is 18.8 Å². The van der Waals surface area contributed by atoms with E-state index in [1.807, 2.05) is 32.9 Å². The van der Waals surface area contributed by atoms with Crippen molar-refractivity contribution in [3.63, 3.8) is 0 Å². The van der Waals surface area contributed by atoms with Crippen LogP contribution in [-0.4, -0.2) is 67.4 Å². The zero-order valence-corrected chi connectivity index (χ0v) is 16.2. The van der Waals surface area contributed by atoms with Crippen molar-refractivity contribution in [3.05, 3.63) is 40.6 Å². The summed E-state index contributed by atoms with van der Waals surface area (Å²) in [6.45, 7) is 10.5. The third-order valence-corrected chi connectivity index (χ3v) is 5.50. The molecule has 6 nitrogen and oxygen atoms in total. The molecule has 1 amide bonds. The van der Waals surface area contributed by atoms with Crippen molar-refractivity contribution in [1.29, 1.82) is 0 Å². The second-order valence-corrected chi connectivity index (χ2v) is 7.62. The number of carbonyl (C=O) groups excluding carboxylic acids is 1. The van der Waals surface area contributed by atoms with Gasteiger partial charge in [-0.25, -0.2) is 0 Å². The summed E-state index contributed by atoms with van der Waals surface area (Å²) in [6, 6.07) is 6.24. The topological polar surface area (TPSA) is 63.7 Å². The van der Waals surface area contributed by atoms with Gasteiger partial charge in [0.15, 0.2) is 0 Å². The normalized spacial score (nSPS) is 23.7. The quantitative estimate of drug-likeness (QED) is 0.896. The van der Waals surface area contributed by atoms with E-state index in [1.54, 1.807) is 0 Å². The highest BCUT2D eigenvalue weighted by Gasteiger charge is 2.35. The first-order valence-corrected chi connectivity index (χ1v) is 9.62. The van der Waals surface area contributed by atoms with Gasteiger partial charge in [0, 0.05) is 24.2 Å². The highest BCUT2D eigenvalue weighted by atomic mass is 16.5. The molecule has 2 saturated heterocycles. The summed E-state index contributed by atoms with van der Waals surface area (Å²) in [5, 5.41) is 4.14. The molecular formula is C21H27N3O3. The number of nitrogens with one attached hydrogen (secondary N) is 1. The van der Waals surface area contributed by atoms with Crippen molar-refractivity contribution in [1.82, 2.24) is 15.2 Å². The number of ether oxygens (including phenoxy) is 2. The molecule has 2 aliphatic rings. The summed E-state index contributed by atoms with van der Waals surface area (Å²) < 4.78 is 11.2. The number of nitrogens with zero attached hydrogens (tertiary/aromatic N) is 2. The van der Waals surface area contributed by atoms with Crippen molar-refractivity contribution in [2.24, 2.45) is 0 Å². The third kappa shape index (κ3) is 3.70. The Morgan fingerprint density at radius 3 is 2.67 bits per heavy atom. The summed E-state index contributed by atoms with van der Waals surface area (Å²) in [4.78, 5) is 20.2. The van der Waals surface area contributed by atoms with E-state index in [1.165, 1.54) is 0 Å². The summed E-state index contributed by atoms with van der Waals surface area (Å²) in [7, 11) is 0. The molecule has 6 heteroatoms. The molecule has 2 atom stereocenters. The first-order valence-electron chi connectivity index (χ1n) is 9.62. The van der Waals surface area contributed by atoms with Gasteiger partial charge < -0.3 is 14.8 Å². The van der Waals surface area contributed by atoms with Gasteiger partial charge in [-0.2, -0.15) is 0 Å². The number of aryl methyl sites for hydroxylation is 3. The highest BCUT2D eigenvalue weighted by molar-refractivity contribution is 6.07. The zero-order chi connectivity index (χ0) is 19.0. The molecule has 2 aliphatic heterocycles. The smallest absolute Gasteiger partial charge is 0.252 e. The number of hydrogen-bond acceptors (Lipinski definition) is 5. The van der Waals surface area contributed by atoms with E-state index in [-0.39, 0.29) is 18.0 Å². The number of carbonyl (C=O) groups is 1. The van der Waals surface area contributed by atoms with Crippen LogP contribution < -0.4 is 5.32 Å². The van der Waals surface area contributed by atoms with Crippen LogP contribution in [-0.2, 0) is 9.47 Å². The molecule has 0 spiro atoms. The van der Waals surface area contributed by atoms with Crippen LogP contribution in [0.2, 0.25) is 0 Å². The fourth-order valence-corrected chi connectivity index (χ4v) is 4.19. The van der Waals surface area contributed by atoms with Gasteiger partial charge in [-0.05, 0) is 38.5 Å². The maximum absolute atomic E-state index is 13.2. The lowest BCUT2D eigenvalue weighted by Gasteiger charge is -2.34. The van der Waals surface area contributed by atoms with Crippen LogP contribution in [0.3, 0.4) is 0 Å². The number of benzene rings is 1. The molecule has 0 aliphatic carbocycles. The number of morpholine rings is 1. The Labute approximate surface area is 159 Å². The summed E-state index contributed by atoms with van der Waals surface area (Å²) >= 11 is 0. The zero-order valence-electron chi connectivity index (χ0n) is 16.2. The summed E-state index contributed by atoms with van der Waals surface area (Å²) in [5.41, 5.74) is 4.68. The Hall–Kier alpha value is -2.02. The van der Waals surface area contributed by atoms with Gasteiger partial charge in [0.2, 0.25) is 0 Å². The fourth-order valence-electron chi connectivity index (χ4n) is 4.19. The standard InChI is InChI=1S/C21H27N3O3/c1-13-8-14(2)20-16(9-13)17(10-15(3)22-20)21(25)23-18-11-27-12-19(18)24-4-6-26-7-5-24/h8-10,18-19H,4-7,11-12H2,1-3H3,(H,23,25)/t18-,19-/m0/s1. The fraction of sp³-hybridized carbons (Fsp3) is 0.524. The SMILES string of the molecule is Cc1cc(C)c2nc(C)cc(C(=O)N[C@H]3COC[C@@H]3N3CCOCC3)c2c1. The summed E-state index contributed by atoms with van der Waals surface area (Å²) in [5.74, 6) is -0.0516. The number of rotatable bonds is 3. The molecule has 2 fully saturated rings. The molecule has 3 heterocycles. The average Bonchev–Trinajstić information content (AvgIpc) is 3.10. The predicted molar refractivity (Wildman–Crippen MR) is 104 cm³/mol. The van der Waals surface area contributed by atoms with E-state index < -0.39 is 0 Å². The van der Waals surface area contributed by atoms with E-state index in [9.17, 15) is 4.79 Å². The predicted octanol–water partition coefficient (Wildman–Crippen LogP) is 1.99. The first-order chi connectivity index (χ1) is 13.0. The van der Waals surface area contributed by atoms with Crippen molar-refractivity contribution < 1.29 is 14.3 Å². The van der Waals surface area contributed by atoms with Crippen LogP contribution in [0.5, 0.6) is 0 Å². The minimum absolute atomic E-state index is 0.00923. The molecule has 2 aromatic rings. The number of pyridine rings is 1. The number of amides is 1. The van der Waals surface area contributed by atoms with Crippen LogP contribution in [0.1, 0.15) is 27.2 Å². The van der Waals surface area contributed by atoms with Gasteiger partial charge in [0.1, 0.15) is 0 Å². The van der Waals surface area contributed by atoms with E-state index in [0.717, 1.165) is 54.0 Å². The Bertz CT molecular complexity index is 861. The molecule has 1 aromatic heterocycles. The lowest BCUT2D eigenvalue weighted by molar-refractivity contribution is 0.0108. The second kappa shape index (κ2) is 7.54. The van der Waals surface area contributed by atoms with Crippen LogP contribution >= 0.6 is 0 Å². The van der Waals surface area contributed by atoms with Gasteiger partial charge >= 0.3 is 0 Å². The van der Waals surface area contributed by atoms with Gasteiger partial charge in [-0.15, -0.1) is 0 Å². The second-order valence-electron chi connectivity index (χ2n) is 7.62. The monoisotopic (exact) mass is 369 g/mol. The highest BCUT2D eigenvalue weighted by Crippen LogP contribution is 2.24. The van der Waals surface area contributed by atoms with Crippen molar-refractivity contribution in [2.75, 3.05) is 39.5 Å².